The Hall–Kier alpha value is -0.660. The van der Waals surface area contributed by atoms with E-state index in [0.29, 0.717) is 19.3 Å². The van der Waals surface area contributed by atoms with Crippen molar-refractivity contribution in [3.05, 3.63) is 0 Å². The van der Waals surface area contributed by atoms with Crippen LogP contribution in [0.5, 0.6) is 0 Å². The molecule has 0 amide bonds. The van der Waals surface area contributed by atoms with Crippen LogP contribution in [0.4, 0.5) is 0 Å². The van der Waals surface area contributed by atoms with Crippen molar-refractivity contribution in [2.45, 2.75) is 48.5 Å². The van der Waals surface area contributed by atoms with E-state index in [0.717, 1.165) is 6.29 Å². The summed E-state index contributed by atoms with van der Waals surface area (Å²) < 4.78 is 0. The molecule has 0 saturated heterocycles. The van der Waals surface area contributed by atoms with Crippen LogP contribution in [0, 0.1) is 0 Å². The molecule has 0 aromatic heterocycles. The van der Waals surface area contributed by atoms with Crippen molar-refractivity contribution in [1.29, 1.82) is 0 Å². The normalized spacial score (nSPS) is 6.27. The summed E-state index contributed by atoms with van der Waals surface area (Å²) in [6, 6.07) is 0. The van der Waals surface area contributed by atoms with Crippen molar-refractivity contribution in [1.82, 2.24) is 0 Å². The second-order valence-electron chi connectivity index (χ2n) is 1.76. The Morgan fingerprint density at radius 2 is 1.73 bits per heavy atom. The minimum absolute atomic E-state index is 0. The van der Waals surface area contributed by atoms with Gasteiger partial charge in [0.25, 0.3) is 0 Å². The lowest BCUT2D eigenvalue weighted by molar-refractivity contribution is -0.117. The van der Waals surface area contributed by atoms with Crippen molar-refractivity contribution in [3.63, 3.8) is 0 Å². The van der Waals surface area contributed by atoms with Crippen molar-refractivity contribution < 1.29 is 9.59 Å². The lowest BCUT2D eigenvalue weighted by Crippen LogP contribution is -1.88. The summed E-state index contributed by atoms with van der Waals surface area (Å²) in [5.41, 5.74) is 0. The minimum atomic E-state index is 0. The molecule has 0 atom stereocenters. The zero-order valence-electron chi connectivity index (χ0n) is 5.02. The van der Waals surface area contributed by atoms with Gasteiger partial charge in [0.2, 0.25) is 0 Å². The molecule has 0 aliphatic carbocycles. The Kier molecular flexibility index (Phi) is 33.0. The van der Waals surface area contributed by atoms with E-state index < -0.39 is 0 Å². The Morgan fingerprint density at radius 1 is 1.27 bits per heavy atom. The number of Topliss-reactive ketones (excluding diaryl/α,β-unsaturated/α-hetero) is 1. The van der Waals surface area contributed by atoms with Crippen molar-refractivity contribution in [2.24, 2.45) is 0 Å². The number of carbonyl (C=O) groups excluding carboxylic acids is 2. The first-order valence-corrected chi connectivity index (χ1v) is 2.70. The number of aldehydes is 1. The zero-order chi connectivity index (χ0) is 6.41. The zero-order valence-corrected chi connectivity index (χ0v) is 5.02. The fourth-order valence-electron chi connectivity index (χ4n) is 0.434. The van der Waals surface area contributed by atoms with Crippen LogP contribution < -0.4 is 0 Å². The predicted octanol–water partition coefficient (Wildman–Crippen LogP) is 2.85. The highest BCUT2D eigenvalue weighted by molar-refractivity contribution is 5.75. The van der Waals surface area contributed by atoms with Crippen LogP contribution in [-0.4, -0.2) is 12.1 Å². The monoisotopic (exact) mass is 162 g/mol. The van der Waals surface area contributed by atoms with E-state index in [4.69, 9.17) is 0 Å². The number of ketones is 1. The van der Waals surface area contributed by atoms with Gasteiger partial charge in [-0.1, -0.05) is 22.3 Å². The fraction of sp³-hybridized carbons (Fsp3) is 0.778. The maximum Gasteiger partial charge on any atom is 0.129 e. The van der Waals surface area contributed by atoms with E-state index in [2.05, 4.69) is 0 Å². The minimum Gasteiger partial charge on any atom is -0.303 e. The van der Waals surface area contributed by atoms with Crippen molar-refractivity contribution in [2.75, 3.05) is 0 Å². The smallest absolute Gasteiger partial charge is 0.129 e. The third-order valence-corrected chi connectivity index (χ3v) is 0.851. The van der Waals surface area contributed by atoms with Gasteiger partial charge in [-0.05, 0) is 13.3 Å². The van der Waals surface area contributed by atoms with Gasteiger partial charge in [0.05, 0.1) is 0 Å². The highest BCUT2D eigenvalue weighted by atomic mass is 16.1. The molecule has 70 valence electrons. The van der Waals surface area contributed by atoms with Crippen LogP contribution >= 0.6 is 0 Å². The summed E-state index contributed by atoms with van der Waals surface area (Å²) in [6.45, 7) is 1.53. The molecule has 0 rings (SSSR count). The summed E-state index contributed by atoms with van der Waals surface area (Å²) in [4.78, 5) is 19.9. The molecule has 0 heterocycles. The third kappa shape index (κ3) is 26.7. The molecular weight excluding hydrogens is 140 g/mol. The van der Waals surface area contributed by atoms with Gasteiger partial charge in [0, 0.05) is 12.8 Å². The van der Waals surface area contributed by atoms with Gasteiger partial charge >= 0.3 is 0 Å². The van der Waals surface area contributed by atoms with E-state index in [-0.39, 0.29) is 28.1 Å². The van der Waals surface area contributed by atoms with E-state index in [9.17, 15) is 9.59 Å². The van der Waals surface area contributed by atoms with Crippen LogP contribution in [0.15, 0.2) is 0 Å². The van der Waals surface area contributed by atoms with E-state index >= 15 is 0 Å². The lowest BCUT2D eigenvalue weighted by Gasteiger charge is -1.86. The first kappa shape index (κ1) is 22.4. The van der Waals surface area contributed by atoms with E-state index in [1.807, 2.05) is 0 Å². The van der Waals surface area contributed by atoms with Gasteiger partial charge in [0.1, 0.15) is 12.1 Å². The average molecular weight is 162 g/mol. The van der Waals surface area contributed by atoms with Gasteiger partial charge in [-0.25, -0.2) is 0 Å². The topological polar surface area (TPSA) is 34.1 Å². The Morgan fingerprint density at radius 3 is 2.00 bits per heavy atom. The molecule has 0 aromatic rings. The first-order valence-electron chi connectivity index (χ1n) is 2.70. The Labute approximate surface area is 71.0 Å². The molecule has 11 heavy (non-hydrogen) atoms. The van der Waals surface area contributed by atoms with Gasteiger partial charge in [0.15, 0.2) is 0 Å². The number of rotatable bonds is 4. The molecule has 0 aromatic carbocycles. The summed E-state index contributed by atoms with van der Waals surface area (Å²) in [5.74, 6) is 0.159. The van der Waals surface area contributed by atoms with Crippen molar-refractivity contribution >= 4 is 12.1 Å². The van der Waals surface area contributed by atoms with Gasteiger partial charge in [-0.3, -0.25) is 0 Å². The molecule has 0 spiro atoms. The maximum absolute atomic E-state index is 10.2. The highest BCUT2D eigenvalue weighted by Crippen LogP contribution is 1.91. The maximum atomic E-state index is 10.2. The summed E-state index contributed by atoms with van der Waals surface area (Å²) >= 11 is 0. The second-order valence-corrected chi connectivity index (χ2v) is 1.76. The number of hydrogen-bond acceptors (Lipinski definition) is 2. The van der Waals surface area contributed by atoms with Gasteiger partial charge in [-0.2, -0.15) is 0 Å². The predicted molar refractivity (Wildman–Crippen MR) is 50.8 cm³/mol. The highest BCUT2D eigenvalue weighted by Gasteiger charge is 1.89. The molecule has 0 aliphatic rings. The first-order chi connectivity index (χ1) is 3.77. The second kappa shape index (κ2) is 16.2. The largest absolute Gasteiger partial charge is 0.303 e. The molecule has 0 radical (unpaired) electrons. The summed E-state index contributed by atoms with van der Waals surface area (Å²) in [7, 11) is 0. The number of unbranched alkanes of at least 4 members (excludes halogenated alkanes) is 1. The molecule has 0 saturated carbocycles. The Bertz CT molecular complexity index is 87.6. The van der Waals surface area contributed by atoms with Crippen LogP contribution in [0.2, 0.25) is 0 Å². The molecule has 0 aliphatic heterocycles. The number of hydrogen-bond donors (Lipinski definition) is 0. The fourth-order valence-corrected chi connectivity index (χ4v) is 0.434. The molecule has 0 bridgehead atoms. The van der Waals surface area contributed by atoms with E-state index in [1.54, 1.807) is 0 Å². The molecule has 0 unspecified atom stereocenters. The van der Waals surface area contributed by atoms with Crippen LogP contribution in [-0.2, 0) is 9.59 Å². The van der Waals surface area contributed by atoms with Crippen LogP contribution in [0.25, 0.3) is 0 Å². The molecule has 2 nitrogen and oxygen atoms in total. The van der Waals surface area contributed by atoms with Crippen molar-refractivity contribution in [3.8, 4) is 0 Å². The Balaban J connectivity index is -0.0000000817. The van der Waals surface area contributed by atoms with Gasteiger partial charge < -0.3 is 9.59 Å². The molecule has 2 heteroatoms. The SMILES string of the molecule is C.C.C.CC(=O)CCCC=O. The average Bonchev–Trinajstić information content (AvgIpc) is 1.66. The van der Waals surface area contributed by atoms with Crippen LogP contribution in [0.3, 0.4) is 0 Å². The summed E-state index contributed by atoms with van der Waals surface area (Å²) in [6.07, 6.45) is 2.60. The molecule has 0 N–H and O–H groups in total. The van der Waals surface area contributed by atoms with Crippen LogP contribution in [0.1, 0.15) is 48.5 Å². The lowest BCUT2D eigenvalue weighted by atomic mass is 10.2. The molecule has 0 fully saturated rings. The standard InChI is InChI=1S/C6H10O2.3CH4/c1-6(8)4-2-3-5-7;;;/h5H,2-4H2,1H3;3*1H4. The third-order valence-electron chi connectivity index (χ3n) is 0.851. The molecular formula is C9H22O2. The number of carbonyl (C=O) groups is 2. The van der Waals surface area contributed by atoms with E-state index in [1.165, 1.54) is 6.92 Å². The van der Waals surface area contributed by atoms with Gasteiger partial charge in [-0.15, -0.1) is 0 Å². The summed E-state index contributed by atoms with van der Waals surface area (Å²) in [5, 5.41) is 0. The quantitative estimate of drug-likeness (QED) is 0.470.